The molecule has 3 nitrogen and oxygen atoms in total. The van der Waals surface area contributed by atoms with Crippen LogP contribution in [0.15, 0.2) is 6.07 Å². The van der Waals surface area contributed by atoms with Gasteiger partial charge in [0, 0.05) is 12.3 Å². The molecular formula is C8H11BrN2O. The van der Waals surface area contributed by atoms with Gasteiger partial charge in [-0.25, -0.2) is 4.68 Å². The van der Waals surface area contributed by atoms with Gasteiger partial charge in [0.2, 0.25) is 5.91 Å². The van der Waals surface area contributed by atoms with E-state index in [0.29, 0.717) is 5.33 Å². The number of nitrogens with zero attached hydrogens (tertiary/aromatic N) is 2. The summed E-state index contributed by atoms with van der Waals surface area (Å²) in [6.07, 6.45) is 0.861. The van der Waals surface area contributed by atoms with Crippen molar-refractivity contribution in [3.8, 4) is 0 Å². The molecule has 0 atom stereocenters. The van der Waals surface area contributed by atoms with Crippen LogP contribution >= 0.6 is 15.9 Å². The van der Waals surface area contributed by atoms with E-state index in [0.717, 1.165) is 17.8 Å². The number of rotatable bonds is 2. The Morgan fingerprint density at radius 2 is 2.42 bits per heavy atom. The predicted molar refractivity (Wildman–Crippen MR) is 50.5 cm³/mol. The molecule has 0 aromatic carbocycles. The Bertz CT molecular complexity index is 293. The summed E-state index contributed by atoms with van der Waals surface area (Å²) in [6, 6.07) is 1.94. The molecule has 0 bridgehead atoms. The van der Waals surface area contributed by atoms with Crippen LogP contribution in [0.5, 0.6) is 0 Å². The van der Waals surface area contributed by atoms with Gasteiger partial charge in [-0.15, -0.1) is 0 Å². The van der Waals surface area contributed by atoms with Crippen LogP contribution in [0.1, 0.15) is 30.0 Å². The summed E-state index contributed by atoms with van der Waals surface area (Å²) in [5, 5.41) is 4.80. The zero-order chi connectivity index (χ0) is 9.14. The molecule has 0 N–H and O–H groups in total. The van der Waals surface area contributed by atoms with Gasteiger partial charge in [0.1, 0.15) is 0 Å². The van der Waals surface area contributed by atoms with Crippen molar-refractivity contribution < 1.29 is 4.79 Å². The number of aromatic nitrogens is 2. The molecule has 0 aliphatic rings. The first-order valence-electron chi connectivity index (χ1n) is 3.83. The summed E-state index contributed by atoms with van der Waals surface area (Å²) in [7, 11) is 0. The molecule has 0 spiro atoms. The molecule has 0 aliphatic carbocycles. The molecule has 1 rings (SSSR count). The minimum absolute atomic E-state index is 0.0378. The maximum atomic E-state index is 11.0. The van der Waals surface area contributed by atoms with Crippen LogP contribution in [-0.4, -0.2) is 15.7 Å². The molecule has 0 amide bonds. The molecule has 0 unspecified atom stereocenters. The van der Waals surface area contributed by atoms with E-state index < -0.39 is 0 Å². The third kappa shape index (κ3) is 1.75. The van der Waals surface area contributed by atoms with Gasteiger partial charge in [-0.05, 0) is 12.5 Å². The molecule has 66 valence electrons. The number of carbonyl (C=O) groups is 1. The highest BCUT2D eigenvalue weighted by molar-refractivity contribution is 9.08. The zero-order valence-corrected chi connectivity index (χ0v) is 8.76. The summed E-state index contributed by atoms with van der Waals surface area (Å²) in [4.78, 5) is 11.0. The van der Waals surface area contributed by atoms with Crippen molar-refractivity contribution in [2.24, 2.45) is 0 Å². The number of hydrogen-bond donors (Lipinski definition) is 0. The average Bonchev–Trinajstić information content (AvgIpc) is 2.47. The summed E-state index contributed by atoms with van der Waals surface area (Å²) in [5.41, 5.74) is 1.87. The summed E-state index contributed by atoms with van der Waals surface area (Å²) >= 11 is 3.31. The highest BCUT2D eigenvalue weighted by Gasteiger charge is 2.07. The maximum absolute atomic E-state index is 11.0. The van der Waals surface area contributed by atoms with Crippen molar-refractivity contribution >= 4 is 21.8 Å². The molecule has 1 aromatic heterocycles. The van der Waals surface area contributed by atoms with Gasteiger partial charge in [0.25, 0.3) is 0 Å². The lowest BCUT2D eigenvalue weighted by Crippen LogP contribution is -2.10. The van der Waals surface area contributed by atoms with Crippen LogP contribution < -0.4 is 0 Å². The van der Waals surface area contributed by atoms with E-state index in [1.54, 1.807) is 0 Å². The molecular weight excluding hydrogens is 220 g/mol. The lowest BCUT2D eigenvalue weighted by atomic mass is 10.3. The van der Waals surface area contributed by atoms with Crippen LogP contribution in [0.2, 0.25) is 0 Å². The molecule has 0 fully saturated rings. The van der Waals surface area contributed by atoms with Gasteiger partial charge in [0.05, 0.1) is 11.4 Å². The van der Waals surface area contributed by atoms with Crippen LogP contribution in [0.3, 0.4) is 0 Å². The standard InChI is InChI=1S/C8H11BrN2O/c1-3-7-4-8(5-9)11(10-7)6(2)12/h4H,3,5H2,1-2H3. The topological polar surface area (TPSA) is 34.9 Å². The van der Waals surface area contributed by atoms with Gasteiger partial charge in [-0.3, -0.25) is 4.79 Å². The number of aryl methyl sites for hydroxylation is 1. The highest BCUT2D eigenvalue weighted by Crippen LogP contribution is 2.08. The Morgan fingerprint density at radius 3 is 2.75 bits per heavy atom. The molecule has 1 heterocycles. The first kappa shape index (κ1) is 9.45. The minimum Gasteiger partial charge on any atom is -0.273 e. The fraction of sp³-hybridized carbons (Fsp3) is 0.500. The van der Waals surface area contributed by atoms with E-state index in [4.69, 9.17) is 0 Å². The molecule has 12 heavy (non-hydrogen) atoms. The highest BCUT2D eigenvalue weighted by atomic mass is 79.9. The van der Waals surface area contributed by atoms with Crippen molar-refractivity contribution in [3.63, 3.8) is 0 Å². The number of carbonyl (C=O) groups excluding carboxylic acids is 1. The Kier molecular flexibility index (Phi) is 3.03. The normalized spacial score (nSPS) is 10.2. The van der Waals surface area contributed by atoms with Crippen LogP contribution in [0.25, 0.3) is 0 Å². The van der Waals surface area contributed by atoms with Crippen molar-refractivity contribution in [2.45, 2.75) is 25.6 Å². The SMILES string of the molecule is CCc1cc(CBr)n(C(C)=O)n1. The van der Waals surface area contributed by atoms with Crippen LogP contribution in [0, 0.1) is 0 Å². The van der Waals surface area contributed by atoms with Crippen LogP contribution in [-0.2, 0) is 11.8 Å². The third-order valence-electron chi connectivity index (χ3n) is 1.63. The van der Waals surface area contributed by atoms with Crippen LogP contribution in [0.4, 0.5) is 0 Å². The zero-order valence-electron chi connectivity index (χ0n) is 7.17. The summed E-state index contributed by atoms with van der Waals surface area (Å²) in [5.74, 6) is -0.0378. The monoisotopic (exact) mass is 230 g/mol. The van der Waals surface area contributed by atoms with Crippen molar-refractivity contribution in [3.05, 3.63) is 17.5 Å². The lowest BCUT2D eigenvalue weighted by Gasteiger charge is -1.96. The molecule has 4 heteroatoms. The molecule has 0 aliphatic heterocycles. The number of alkyl halides is 1. The van der Waals surface area contributed by atoms with Gasteiger partial charge in [0.15, 0.2) is 0 Å². The Hall–Kier alpha value is -0.640. The van der Waals surface area contributed by atoms with Gasteiger partial charge < -0.3 is 0 Å². The van der Waals surface area contributed by atoms with E-state index in [9.17, 15) is 4.79 Å². The fourth-order valence-electron chi connectivity index (χ4n) is 1.02. The second-order valence-corrected chi connectivity index (χ2v) is 3.11. The van der Waals surface area contributed by atoms with Crippen molar-refractivity contribution in [1.29, 1.82) is 0 Å². The second-order valence-electron chi connectivity index (χ2n) is 2.55. The number of halogens is 1. The molecule has 0 saturated carbocycles. The number of hydrogen-bond acceptors (Lipinski definition) is 2. The third-order valence-corrected chi connectivity index (χ3v) is 2.21. The smallest absolute Gasteiger partial charge is 0.244 e. The minimum atomic E-state index is -0.0378. The van der Waals surface area contributed by atoms with E-state index in [1.165, 1.54) is 11.6 Å². The Morgan fingerprint density at radius 1 is 1.75 bits per heavy atom. The largest absolute Gasteiger partial charge is 0.273 e. The van der Waals surface area contributed by atoms with Gasteiger partial charge in [-0.2, -0.15) is 5.10 Å². The first-order valence-corrected chi connectivity index (χ1v) is 4.96. The van der Waals surface area contributed by atoms with E-state index in [-0.39, 0.29) is 5.91 Å². The molecule has 1 aromatic rings. The lowest BCUT2D eigenvalue weighted by molar-refractivity contribution is 0.0918. The second kappa shape index (κ2) is 3.85. The van der Waals surface area contributed by atoms with Gasteiger partial charge >= 0.3 is 0 Å². The first-order chi connectivity index (χ1) is 5.69. The average molecular weight is 231 g/mol. The van der Waals surface area contributed by atoms with E-state index in [1.807, 2.05) is 13.0 Å². The Balaban J connectivity index is 3.08. The summed E-state index contributed by atoms with van der Waals surface area (Å²) in [6.45, 7) is 3.53. The maximum Gasteiger partial charge on any atom is 0.244 e. The fourth-order valence-corrected chi connectivity index (χ4v) is 1.42. The van der Waals surface area contributed by atoms with Crippen molar-refractivity contribution in [2.75, 3.05) is 0 Å². The summed E-state index contributed by atoms with van der Waals surface area (Å²) < 4.78 is 1.44. The molecule has 0 saturated heterocycles. The predicted octanol–water partition coefficient (Wildman–Crippen LogP) is 2.00. The van der Waals surface area contributed by atoms with E-state index in [2.05, 4.69) is 21.0 Å². The Labute approximate surface area is 79.9 Å². The molecule has 0 radical (unpaired) electrons. The van der Waals surface area contributed by atoms with E-state index >= 15 is 0 Å². The van der Waals surface area contributed by atoms with Crippen molar-refractivity contribution in [1.82, 2.24) is 9.78 Å². The van der Waals surface area contributed by atoms with Gasteiger partial charge in [-0.1, -0.05) is 22.9 Å². The quantitative estimate of drug-likeness (QED) is 0.729.